The van der Waals surface area contributed by atoms with Gasteiger partial charge in [-0.05, 0) is 43.1 Å². The molecule has 20 heavy (non-hydrogen) atoms. The third kappa shape index (κ3) is 3.02. The minimum absolute atomic E-state index is 0.164. The molecule has 0 aliphatic carbocycles. The molecule has 1 atom stereocenters. The number of nitrogens with one attached hydrogen (secondary N) is 1. The number of aryl methyl sites for hydroxylation is 2. The Balaban J connectivity index is 2.51. The van der Waals surface area contributed by atoms with E-state index in [0.29, 0.717) is 0 Å². The van der Waals surface area contributed by atoms with Crippen molar-refractivity contribution in [1.29, 1.82) is 0 Å². The van der Waals surface area contributed by atoms with Crippen LogP contribution in [0.3, 0.4) is 0 Å². The molecule has 2 rings (SSSR count). The monoisotopic (exact) mass is 269 g/mol. The van der Waals surface area contributed by atoms with Crippen LogP contribution in [0.25, 0.3) is 0 Å². The van der Waals surface area contributed by atoms with Gasteiger partial charge in [-0.1, -0.05) is 43.3 Å². The van der Waals surface area contributed by atoms with Crippen LogP contribution in [0.1, 0.15) is 35.2 Å². The Morgan fingerprint density at radius 1 is 1.05 bits per heavy atom. The van der Waals surface area contributed by atoms with Gasteiger partial charge >= 0.3 is 0 Å². The summed E-state index contributed by atoms with van der Waals surface area (Å²) < 4.78 is 5.57. The maximum absolute atomic E-state index is 5.57. The van der Waals surface area contributed by atoms with E-state index in [1.165, 1.54) is 22.3 Å². The van der Waals surface area contributed by atoms with Crippen molar-refractivity contribution < 1.29 is 4.74 Å². The van der Waals surface area contributed by atoms with E-state index in [2.05, 4.69) is 68.6 Å². The molecule has 2 heteroatoms. The summed E-state index contributed by atoms with van der Waals surface area (Å²) in [6.07, 6.45) is 0. The fraction of sp³-hybridized carbons (Fsp3) is 0.333. The van der Waals surface area contributed by atoms with Gasteiger partial charge in [-0.15, -0.1) is 0 Å². The fourth-order valence-electron chi connectivity index (χ4n) is 2.56. The summed E-state index contributed by atoms with van der Waals surface area (Å²) in [5.41, 5.74) is 5.00. The molecule has 1 unspecified atom stereocenters. The maximum Gasteiger partial charge on any atom is 0.124 e. The zero-order valence-electron chi connectivity index (χ0n) is 12.7. The Morgan fingerprint density at radius 3 is 2.45 bits per heavy atom. The molecule has 0 saturated carbocycles. The van der Waals surface area contributed by atoms with Gasteiger partial charge in [0.15, 0.2) is 0 Å². The van der Waals surface area contributed by atoms with Crippen LogP contribution >= 0.6 is 0 Å². The SMILES string of the molecule is CCNC(c1ccccc1C)c1ccc(C)cc1OC. The van der Waals surface area contributed by atoms with E-state index < -0.39 is 0 Å². The Morgan fingerprint density at radius 2 is 1.80 bits per heavy atom. The highest BCUT2D eigenvalue weighted by Crippen LogP contribution is 2.32. The second-order valence-electron chi connectivity index (χ2n) is 5.09. The van der Waals surface area contributed by atoms with Gasteiger partial charge in [0, 0.05) is 5.56 Å². The molecular formula is C18H23NO. The topological polar surface area (TPSA) is 21.3 Å². The lowest BCUT2D eigenvalue weighted by atomic mass is 9.93. The lowest BCUT2D eigenvalue weighted by molar-refractivity contribution is 0.404. The van der Waals surface area contributed by atoms with Crippen molar-refractivity contribution in [3.8, 4) is 5.75 Å². The first-order valence-electron chi connectivity index (χ1n) is 7.10. The lowest BCUT2D eigenvalue weighted by Gasteiger charge is -2.23. The first kappa shape index (κ1) is 14.6. The van der Waals surface area contributed by atoms with Gasteiger partial charge in [-0.3, -0.25) is 0 Å². The van der Waals surface area contributed by atoms with E-state index >= 15 is 0 Å². The average Bonchev–Trinajstić information content (AvgIpc) is 2.46. The van der Waals surface area contributed by atoms with Crippen LogP contribution in [-0.4, -0.2) is 13.7 Å². The molecule has 1 N–H and O–H groups in total. The minimum Gasteiger partial charge on any atom is -0.496 e. The summed E-state index contributed by atoms with van der Waals surface area (Å²) in [6.45, 7) is 7.28. The van der Waals surface area contributed by atoms with Crippen molar-refractivity contribution in [2.24, 2.45) is 0 Å². The van der Waals surface area contributed by atoms with Crippen molar-refractivity contribution in [3.05, 3.63) is 64.7 Å². The van der Waals surface area contributed by atoms with Crippen LogP contribution < -0.4 is 10.1 Å². The molecule has 0 aliphatic rings. The summed E-state index contributed by atoms with van der Waals surface area (Å²) in [4.78, 5) is 0. The normalized spacial score (nSPS) is 12.2. The maximum atomic E-state index is 5.57. The first-order valence-corrected chi connectivity index (χ1v) is 7.10. The average molecular weight is 269 g/mol. The highest BCUT2D eigenvalue weighted by atomic mass is 16.5. The molecular weight excluding hydrogens is 246 g/mol. The summed E-state index contributed by atoms with van der Waals surface area (Å²) in [7, 11) is 1.74. The third-order valence-electron chi connectivity index (χ3n) is 3.61. The number of hydrogen-bond acceptors (Lipinski definition) is 2. The quantitative estimate of drug-likeness (QED) is 0.885. The largest absolute Gasteiger partial charge is 0.496 e. The smallest absolute Gasteiger partial charge is 0.124 e. The molecule has 0 bridgehead atoms. The van der Waals surface area contributed by atoms with Gasteiger partial charge in [0.2, 0.25) is 0 Å². The van der Waals surface area contributed by atoms with E-state index in [-0.39, 0.29) is 6.04 Å². The van der Waals surface area contributed by atoms with Crippen molar-refractivity contribution >= 4 is 0 Å². The first-order chi connectivity index (χ1) is 9.67. The molecule has 0 saturated heterocycles. The third-order valence-corrected chi connectivity index (χ3v) is 3.61. The van der Waals surface area contributed by atoms with Gasteiger partial charge in [0.1, 0.15) is 5.75 Å². The van der Waals surface area contributed by atoms with E-state index in [1.54, 1.807) is 7.11 Å². The zero-order valence-corrected chi connectivity index (χ0v) is 12.7. The van der Waals surface area contributed by atoms with Crippen LogP contribution in [0.15, 0.2) is 42.5 Å². The summed E-state index contributed by atoms with van der Waals surface area (Å²) in [5, 5.41) is 3.57. The molecule has 0 fully saturated rings. The van der Waals surface area contributed by atoms with Crippen molar-refractivity contribution in [3.63, 3.8) is 0 Å². The van der Waals surface area contributed by atoms with Gasteiger partial charge in [0.05, 0.1) is 13.2 Å². The van der Waals surface area contributed by atoms with E-state index in [1.807, 2.05) is 0 Å². The van der Waals surface area contributed by atoms with Gasteiger partial charge < -0.3 is 10.1 Å². The molecule has 0 spiro atoms. The Labute approximate surface area is 121 Å². The van der Waals surface area contributed by atoms with E-state index in [9.17, 15) is 0 Å². The molecule has 2 nitrogen and oxygen atoms in total. The number of benzene rings is 2. The highest BCUT2D eigenvalue weighted by Gasteiger charge is 2.18. The number of rotatable bonds is 5. The van der Waals surface area contributed by atoms with Crippen LogP contribution in [0.5, 0.6) is 5.75 Å². The van der Waals surface area contributed by atoms with Crippen LogP contribution in [-0.2, 0) is 0 Å². The Bertz CT molecular complexity index is 577. The zero-order chi connectivity index (χ0) is 14.5. The van der Waals surface area contributed by atoms with Crippen molar-refractivity contribution in [1.82, 2.24) is 5.32 Å². The molecule has 2 aromatic rings. The van der Waals surface area contributed by atoms with E-state index in [4.69, 9.17) is 4.74 Å². The molecule has 0 amide bonds. The lowest BCUT2D eigenvalue weighted by Crippen LogP contribution is -2.23. The molecule has 0 aromatic heterocycles. The van der Waals surface area contributed by atoms with Gasteiger partial charge in [-0.2, -0.15) is 0 Å². The van der Waals surface area contributed by atoms with Crippen LogP contribution in [0, 0.1) is 13.8 Å². The van der Waals surface area contributed by atoms with E-state index in [0.717, 1.165) is 12.3 Å². The van der Waals surface area contributed by atoms with Crippen molar-refractivity contribution in [2.75, 3.05) is 13.7 Å². The predicted octanol–water partition coefficient (Wildman–Crippen LogP) is 4.01. The second-order valence-corrected chi connectivity index (χ2v) is 5.09. The van der Waals surface area contributed by atoms with Crippen LogP contribution in [0.2, 0.25) is 0 Å². The van der Waals surface area contributed by atoms with Crippen molar-refractivity contribution in [2.45, 2.75) is 26.8 Å². The number of methoxy groups -OCH3 is 1. The molecule has 106 valence electrons. The molecule has 2 aromatic carbocycles. The standard InChI is InChI=1S/C18H23NO/c1-5-19-18(15-9-7-6-8-14(15)3)16-11-10-13(2)12-17(16)20-4/h6-12,18-19H,5H2,1-4H3. The van der Waals surface area contributed by atoms with Gasteiger partial charge in [0.25, 0.3) is 0 Å². The Kier molecular flexibility index (Phi) is 4.80. The van der Waals surface area contributed by atoms with Gasteiger partial charge in [-0.25, -0.2) is 0 Å². The number of ether oxygens (including phenoxy) is 1. The summed E-state index contributed by atoms with van der Waals surface area (Å²) in [6, 6.07) is 15.1. The molecule has 0 radical (unpaired) electrons. The highest BCUT2D eigenvalue weighted by molar-refractivity contribution is 5.45. The molecule has 0 aliphatic heterocycles. The summed E-state index contributed by atoms with van der Waals surface area (Å²) >= 11 is 0. The summed E-state index contributed by atoms with van der Waals surface area (Å²) in [5.74, 6) is 0.944. The predicted molar refractivity (Wildman–Crippen MR) is 84.4 cm³/mol. The second kappa shape index (κ2) is 6.58. The number of hydrogen-bond donors (Lipinski definition) is 1. The minimum atomic E-state index is 0.164. The fourth-order valence-corrected chi connectivity index (χ4v) is 2.56. The molecule has 0 heterocycles. The van der Waals surface area contributed by atoms with Crippen LogP contribution in [0.4, 0.5) is 0 Å². The Hall–Kier alpha value is -1.80.